The zero-order valence-corrected chi connectivity index (χ0v) is 81.7. The molecule has 6 aliphatic heterocycles. The second-order valence-corrected chi connectivity index (χ2v) is 37.1. The van der Waals surface area contributed by atoms with E-state index in [0.29, 0.717) is 51.4 Å². The number of nitrogens with two attached hydrogens (primary N) is 8. The summed E-state index contributed by atoms with van der Waals surface area (Å²) >= 11 is 0. The monoisotopic (exact) mass is 1990 g/mol. The van der Waals surface area contributed by atoms with Crippen LogP contribution in [0.3, 0.4) is 0 Å². The fourth-order valence-corrected chi connectivity index (χ4v) is 18.4. The van der Waals surface area contributed by atoms with Crippen LogP contribution in [0.15, 0.2) is 0 Å². The highest BCUT2D eigenvalue weighted by atomic mass is 16.4. The van der Waals surface area contributed by atoms with Gasteiger partial charge >= 0.3 is 5.97 Å². The number of nitrogens with one attached hydrogen (secondary N) is 23. The molecule has 0 saturated carbocycles. The summed E-state index contributed by atoms with van der Waals surface area (Å²) in [6.45, 7) is 9.65. The molecule has 17 atom stereocenters. The molecular formula is C87H155N37O17. The average Bonchev–Trinajstić information content (AvgIpc) is 1.66. The summed E-state index contributed by atoms with van der Waals surface area (Å²) in [6.07, 6.45) is 4.31. The molecule has 0 aromatic carbocycles. The first-order valence-electron chi connectivity index (χ1n) is 49.0. The van der Waals surface area contributed by atoms with E-state index in [0.717, 1.165) is 0 Å². The standard InChI is InChI=1S/C87H155N37O17/c1-6-48(4)64(118-67(127)52(22-9-35-105-83(93)94)111-65(125)50(88)20-7-33-103-81(89)90)73(133)115-55(25-12-38-108-86(99)100)76(136)121-42-16-29-60(121)70(130)114-54(24-11-37-107-85(97)98)77(137)124-45-19-32-63(124)79(139)123-44-18-31-62(123)69(129)112-51(21-8-34-104-82(91)92)66(126)117-57(46-47(2)3)78(138)122-43-17-30-61(122)71(131)113-53(23-10-36-106-84(95)96)75(135)120-41-15-27-58(120)68(128)110-49(5)74(134)119-40-14-28-59(119)72(132)116-56(80(140)141)26-13-39-109-87(101)102/h47-64H,6-46,88H2,1-5H3,(H,110,128)(H,111,125)(H,112,129)(H,113,131)(H,114,130)(H,115,133)(H,116,132)(H,117,126)(H,118,127)(H,140,141)(H4,89,90,103)(H4,91,92,104)(H4,93,94,105)(H4,95,96,106)(H4,97,98,107)(H4,99,100,108)(H4,101,102,109)/t48-,49-,50-,51-,52-,53-,54-,55-,56-,57-,58-,59-,60-,61-,62-,63-,64-/m0/s1. The van der Waals surface area contributed by atoms with E-state index >= 15 is 28.8 Å². The van der Waals surface area contributed by atoms with Crippen molar-refractivity contribution in [2.75, 3.05) is 85.1 Å². The van der Waals surface area contributed by atoms with Gasteiger partial charge in [-0.25, -0.2) is 4.79 Å². The van der Waals surface area contributed by atoms with Crippen molar-refractivity contribution in [2.24, 2.45) is 57.7 Å². The lowest BCUT2D eigenvalue weighted by Crippen LogP contribution is -2.61. The van der Waals surface area contributed by atoms with Crippen LogP contribution in [-0.2, 0) is 76.7 Å². The first kappa shape index (κ1) is 116. The lowest BCUT2D eigenvalue weighted by atomic mass is 9.96. The molecule has 6 aliphatic rings. The highest BCUT2D eigenvalue weighted by Gasteiger charge is 2.49. The van der Waals surface area contributed by atoms with Crippen LogP contribution in [-0.4, -0.2) is 353 Å². The topological polar surface area (TPSA) is 880 Å². The van der Waals surface area contributed by atoms with Gasteiger partial charge in [0, 0.05) is 85.1 Å². The van der Waals surface area contributed by atoms with E-state index in [2.05, 4.69) is 85.1 Å². The number of nitrogens with zero attached hydrogens (tertiary/aromatic N) is 6. The molecule has 0 spiro atoms. The third-order valence-electron chi connectivity index (χ3n) is 25.8. The molecular weight excluding hydrogens is 1840 g/mol. The number of guanidine groups is 7. The molecule has 0 aromatic rings. The normalized spacial score (nSPS) is 20.0. The largest absolute Gasteiger partial charge is 0.480 e. The van der Waals surface area contributed by atoms with Gasteiger partial charge in [0.1, 0.15) is 90.6 Å². The van der Waals surface area contributed by atoms with Crippen LogP contribution in [0, 0.1) is 49.7 Å². The Morgan fingerprint density at radius 3 is 0.908 bits per heavy atom. The predicted molar refractivity (Wildman–Crippen MR) is 520 cm³/mol. The van der Waals surface area contributed by atoms with Crippen molar-refractivity contribution in [1.29, 1.82) is 37.9 Å². The van der Waals surface area contributed by atoms with Gasteiger partial charge in [-0.05, 0) is 192 Å². The number of carboxylic acid groups (broad SMARTS) is 1. The molecule has 0 aliphatic carbocycles. The maximum atomic E-state index is 15.3. The molecule has 141 heavy (non-hydrogen) atoms. The predicted octanol–water partition coefficient (Wildman–Crippen LogP) is -8.34. The van der Waals surface area contributed by atoms with E-state index in [1.54, 1.807) is 27.7 Å². The molecule has 40 N–H and O–H groups in total. The number of hydrogen-bond donors (Lipinski definition) is 32. The highest BCUT2D eigenvalue weighted by molar-refractivity contribution is 6.02. The number of hydrogen-bond acceptors (Lipinski definition) is 24. The zero-order valence-electron chi connectivity index (χ0n) is 81.7. The summed E-state index contributed by atoms with van der Waals surface area (Å²) in [6, 6.07) is -20.0. The van der Waals surface area contributed by atoms with Gasteiger partial charge in [-0.2, -0.15) is 0 Å². The molecule has 54 heteroatoms. The summed E-state index contributed by atoms with van der Waals surface area (Å²) in [4.78, 5) is 240. The maximum absolute atomic E-state index is 15.3. The molecule has 790 valence electrons. The van der Waals surface area contributed by atoms with E-state index < -0.39 is 197 Å². The van der Waals surface area contributed by atoms with E-state index in [4.69, 9.17) is 83.7 Å². The Morgan fingerprint density at radius 1 is 0.305 bits per heavy atom. The maximum Gasteiger partial charge on any atom is 0.326 e. The first-order chi connectivity index (χ1) is 66.8. The SMILES string of the molecule is CC[C@H](C)[C@H](NC(=O)[C@H](CCCNC(=N)N)NC(=O)[C@@H](N)CCCNC(=N)N)C(=O)N[C@@H](CCCNC(=N)N)C(=O)N1CCC[C@H]1C(=O)N[C@@H](CCCNC(=N)N)C(=O)N1CCC[C@H]1C(=O)N1CCC[C@H]1C(=O)N[C@@H](CCCNC(=N)N)C(=O)N[C@@H](CC(C)C)C(=O)N1CCC[C@H]1C(=O)N[C@@H](CCCNC(=N)N)C(=O)N1CCC[C@H]1C(=O)N[C@@H](C)C(=O)N1CCC[C@H]1C(=O)N[C@@H](CCCNC(=N)N)C(=O)O. The summed E-state index contributed by atoms with van der Waals surface area (Å²) in [5.41, 5.74) is 44.9. The lowest BCUT2D eigenvalue weighted by Gasteiger charge is -2.34. The summed E-state index contributed by atoms with van der Waals surface area (Å²) in [7, 11) is 0. The zero-order chi connectivity index (χ0) is 104. The molecule has 0 bridgehead atoms. The molecule has 54 nitrogen and oxygen atoms in total. The van der Waals surface area contributed by atoms with Crippen molar-refractivity contribution in [3.05, 3.63) is 0 Å². The number of aliphatic carboxylic acids is 1. The minimum Gasteiger partial charge on any atom is -0.480 e. The Balaban J connectivity index is 1.17. The molecule has 6 saturated heterocycles. The van der Waals surface area contributed by atoms with Crippen LogP contribution >= 0.6 is 0 Å². The Kier molecular flexibility index (Phi) is 48.1. The van der Waals surface area contributed by atoms with Gasteiger partial charge in [-0.15, -0.1) is 0 Å². The quantitative estimate of drug-likeness (QED) is 0.0153. The molecule has 6 rings (SSSR count). The van der Waals surface area contributed by atoms with Crippen molar-refractivity contribution in [1.82, 2.24) is 114 Å². The summed E-state index contributed by atoms with van der Waals surface area (Å²) in [5, 5.41) is 107. The average molecular weight is 1990 g/mol. The Labute approximate surface area is 820 Å². The van der Waals surface area contributed by atoms with Crippen molar-refractivity contribution in [3.8, 4) is 0 Å². The Hall–Kier alpha value is -13.6. The smallest absolute Gasteiger partial charge is 0.326 e. The molecule has 15 amide bonds. The highest BCUT2D eigenvalue weighted by Crippen LogP contribution is 2.30. The van der Waals surface area contributed by atoms with E-state index in [9.17, 15) is 53.1 Å². The first-order valence-corrected chi connectivity index (χ1v) is 49.0. The summed E-state index contributed by atoms with van der Waals surface area (Å²) in [5.74, 6) is -15.3. The number of carbonyl (C=O) groups is 16. The molecule has 6 heterocycles. The van der Waals surface area contributed by atoms with Gasteiger partial charge in [0.05, 0.1) is 6.04 Å². The second kappa shape index (κ2) is 58.4. The van der Waals surface area contributed by atoms with Crippen molar-refractivity contribution in [3.63, 3.8) is 0 Å². The summed E-state index contributed by atoms with van der Waals surface area (Å²) < 4.78 is 0. The van der Waals surface area contributed by atoms with Gasteiger partial charge in [-0.1, -0.05) is 34.1 Å². The molecule has 0 unspecified atom stereocenters. The van der Waals surface area contributed by atoms with E-state index in [1.807, 2.05) is 0 Å². The minimum atomic E-state index is -1.41. The number of carboxylic acids is 1. The number of rotatable bonds is 57. The van der Waals surface area contributed by atoms with Crippen LogP contribution in [0.25, 0.3) is 0 Å². The molecule has 0 aromatic heterocycles. The van der Waals surface area contributed by atoms with Crippen LogP contribution in [0.5, 0.6) is 0 Å². The Morgan fingerprint density at radius 2 is 0.560 bits per heavy atom. The molecule has 6 fully saturated rings. The van der Waals surface area contributed by atoms with Gasteiger partial charge < -0.3 is 165 Å². The van der Waals surface area contributed by atoms with Crippen LogP contribution in [0.2, 0.25) is 0 Å². The third-order valence-corrected chi connectivity index (χ3v) is 25.8. The van der Waals surface area contributed by atoms with Crippen molar-refractivity contribution < 1.29 is 81.8 Å². The third kappa shape index (κ3) is 37.2. The van der Waals surface area contributed by atoms with Crippen LogP contribution in [0.1, 0.15) is 214 Å². The van der Waals surface area contributed by atoms with Gasteiger partial charge in [0.2, 0.25) is 88.6 Å². The lowest BCUT2D eigenvalue weighted by molar-refractivity contribution is -0.148. The number of carbonyl (C=O) groups excluding carboxylic acids is 15. The van der Waals surface area contributed by atoms with Crippen LogP contribution < -0.4 is 131 Å². The van der Waals surface area contributed by atoms with Crippen molar-refractivity contribution >= 4 is 136 Å². The van der Waals surface area contributed by atoms with E-state index in [1.165, 1.54) is 36.3 Å². The second-order valence-electron chi connectivity index (χ2n) is 37.1. The van der Waals surface area contributed by atoms with Crippen LogP contribution in [0.4, 0.5) is 0 Å². The fraction of sp³-hybridized carbons (Fsp3) is 0.736. The van der Waals surface area contributed by atoms with Crippen molar-refractivity contribution in [2.45, 2.75) is 311 Å². The van der Waals surface area contributed by atoms with Gasteiger partial charge in [-0.3, -0.25) is 110 Å². The Bertz CT molecular complexity index is 4390. The van der Waals surface area contributed by atoms with Gasteiger partial charge in [0.25, 0.3) is 0 Å². The van der Waals surface area contributed by atoms with E-state index in [-0.39, 0.29) is 261 Å². The number of likely N-dealkylation sites (tertiary alicyclic amines) is 6. The molecule has 0 radical (unpaired) electrons. The minimum absolute atomic E-state index is 0.00354. The number of amides is 15. The van der Waals surface area contributed by atoms with Gasteiger partial charge in [0.15, 0.2) is 41.7 Å². The fourth-order valence-electron chi connectivity index (χ4n) is 18.4.